The highest BCUT2D eigenvalue weighted by Crippen LogP contribution is 2.20. The van der Waals surface area contributed by atoms with Crippen LogP contribution in [0.3, 0.4) is 0 Å². The molecule has 0 atom stereocenters. The summed E-state index contributed by atoms with van der Waals surface area (Å²) in [5, 5.41) is 7.64. The summed E-state index contributed by atoms with van der Waals surface area (Å²) < 4.78 is 0. The van der Waals surface area contributed by atoms with Gasteiger partial charge in [0, 0.05) is 19.8 Å². The molecule has 1 aromatic heterocycles. The molecule has 0 bridgehead atoms. The molecule has 4 nitrogen and oxygen atoms in total. The molecule has 0 spiro atoms. The van der Waals surface area contributed by atoms with Crippen molar-refractivity contribution in [2.45, 2.75) is 27.2 Å². The van der Waals surface area contributed by atoms with Crippen LogP contribution in [0, 0.1) is 18.3 Å². The van der Waals surface area contributed by atoms with E-state index in [1.807, 2.05) is 20.0 Å². The first-order valence-electron chi connectivity index (χ1n) is 5.94. The molecule has 0 saturated carbocycles. The minimum Gasteiger partial charge on any atom is -0.384 e. The lowest BCUT2D eigenvalue weighted by atomic mass is 10.1. The Morgan fingerprint density at radius 3 is 2.71 bits per heavy atom. The minimum atomic E-state index is 0.0852. The maximum atomic E-state index is 7.64. The van der Waals surface area contributed by atoms with Gasteiger partial charge in [0.1, 0.15) is 11.7 Å². The molecule has 17 heavy (non-hydrogen) atoms. The summed E-state index contributed by atoms with van der Waals surface area (Å²) in [6, 6.07) is 1.89. The lowest BCUT2D eigenvalue weighted by Gasteiger charge is -2.22. The highest BCUT2D eigenvalue weighted by molar-refractivity contribution is 6.00. The van der Waals surface area contributed by atoms with E-state index in [2.05, 4.69) is 23.7 Å². The Labute approximate surface area is 103 Å². The predicted octanol–water partition coefficient (Wildman–Crippen LogP) is 2.16. The Morgan fingerprint density at radius 1 is 1.53 bits per heavy atom. The molecule has 0 aliphatic heterocycles. The summed E-state index contributed by atoms with van der Waals surface area (Å²) >= 11 is 0. The second-order valence-corrected chi connectivity index (χ2v) is 4.84. The smallest absolute Gasteiger partial charge is 0.139 e. The maximum Gasteiger partial charge on any atom is 0.139 e. The van der Waals surface area contributed by atoms with Gasteiger partial charge in [0.25, 0.3) is 0 Å². The summed E-state index contributed by atoms with van der Waals surface area (Å²) in [5.74, 6) is 1.54. The Morgan fingerprint density at radius 2 is 2.18 bits per heavy atom. The molecule has 0 amide bonds. The van der Waals surface area contributed by atoms with Crippen molar-refractivity contribution in [1.29, 1.82) is 5.41 Å². The van der Waals surface area contributed by atoms with Gasteiger partial charge in [0.05, 0.1) is 5.56 Å². The molecule has 94 valence electrons. The van der Waals surface area contributed by atoms with Crippen molar-refractivity contribution in [3.63, 3.8) is 0 Å². The second kappa shape index (κ2) is 5.66. The fourth-order valence-corrected chi connectivity index (χ4v) is 1.72. The number of hydrogen-bond acceptors (Lipinski definition) is 3. The predicted molar refractivity (Wildman–Crippen MR) is 72.7 cm³/mol. The van der Waals surface area contributed by atoms with E-state index >= 15 is 0 Å². The molecule has 1 rings (SSSR count). The third-order valence-electron chi connectivity index (χ3n) is 2.81. The van der Waals surface area contributed by atoms with Gasteiger partial charge in [0.2, 0.25) is 0 Å². The van der Waals surface area contributed by atoms with E-state index < -0.39 is 0 Å². The number of nitrogens with one attached hydrogen (secondary N) is 1. The van der Waals surface area contributed by atoms with E-state index in [-0.39, 0.29) is 5.84 Å². The SMILES string of the molecule is Cc1ccnc(N(C)CCC(C)C)c1C(=N)N. The van der Waals surface area contributed by atoms with Crippen LogP contribution in [0.5, 0.6) is 0 Å². The van der Waals surface area contributed by atoms with Gasteiger partial charge in [-0.05, 0) is 30.9 Å². The number of nitrogens with two attached hydrogens (primary N) is 1. The Bertz CT molecular complexity index is 398. The number of anilines is 1. The number of hydrogen-bond donors (Lipinski definition) is 2. The average molecular weight is 234 g/mol. The van der Waals surface area contributed by atoms with Crippen molar-refractivity contribution < 1.29 is 0 Å². The molecule has 0 aromatic carbocycles. The average Bonchev–Trinajstić information content (AvgIpc) is 2.24. The topological polar surface area (TPSA) is 66.0 Å². The number of aryl methyl sites for hydroxylation is 1. The first-order chi connectivity index (χ1) is 7.93. The first kappa shape index (κ1) is 13.5. The summed E-state index contributed by atoms with van der Waals surface area (Å²) in [5.41, 5.74) is 7.37. The van der Waals surface area contributed by atoms with Gasteiger partial charge in [0.15, 0.2) is 0 Å². The molecule has 0 aliphatic carbocycles. The molecular formula is C13H22N4. The standard InChI is InChI=1S/C13H22N4/c1-9(2)6-8-17(4)13-11(12(14)15)10(3)5-7-16-13/h5,7,9H,6,8H2,1-4H3,(H3,14,15). The van der Waals surface area contributed by atoms with Crippen LogP contribution < -0.4 is 10.6 Å². The van der Waals surface area contributed by atoms with Crippen LogP contribution in [-0.2, 0) is 0 Å². The zero-order valence-corrected chi connectivity index (χ0v) is 11.1. The van der Waals surface area contributed by atoms with E-state index in [0.29, 0.717) is 5.92 Å². The van der Waals surface area contributed by atoms with Crippen LogP contribution in [-0.4, -0.2) is 24.4 Å². The van der Waals surface area contributed by atoms with Crippen molar-refractivity contribution in [3.05, 3.63) is 23.4 Å². The Hall–Kier alpha value is -1.58. The lowest BCUT2D eigenvalue weighted by Crippen LogP contribution is -2.26. The van der Waals surface area contributed by atoms with Crippen LogP contribution in [0.4, 0.5) is 5.82 Å². The number of nitrogens with zero attached hydrogens (tertiary/aromatic N) is 2. The first-order valence-corrected chi connectivity index (χ1v) is 5.94. The number of amidine groups is 1. The summed E-state index contributed by atoms with van der Waals surface area (Å²) in [7, 11) is 2.00. The minimum absolute atomic E-state index is 0.0852. The summed E-state index contributed by atoms with van der Waals surface area (Å²) in [6.45, 7) is 7.28. The number of nitrogen functional groups attached to an aromatic ring is 1. The molecular weight excluding hydrogens is 212 g/mol. The summed E-state index contributed by atoms with van der Waals surface area (Å²) in [4.78, 5) is 6.42. The maximum absolute atomic E-state index is 7.64. The van der Waals surface area contributed by atoms with Gasteiger partial charge in [-0.2, -0.15) is 0 Å². The van der Waals surface area contributed by atoms with Gasteiger partial charge in [-0.25, -0.2) is 4.98 Å². The quantitative estimate of drug-likeness (QED) is 0.606. The van der Waals surface area contributed by atoms with Crippen molar-refractivity contribution in [1.82, 2.24) is 4.98 Å². The molecule has 0 aliphatic rings. The van der Waals surface area contributed by atoms with Crippen LogP contribution >= 0.6 is 0 Å². The largest absolute Gasteiger partial charge is 0.384 e. The van der Waals surface area contributed by atoms with E-state index in [4.69, 9.17) is 11.1 Å². The third kappa shape index (κ3) is 3.44. The molecule has 1 aromatic rings. The van der Waals surface area contributed by atoms with Crippen LogP contribution in [0.2, 0.25) is 0 Å². The van der Waals surface area contributed by atoms with Gasteiger partial charge < -0.3 is 10.6 Å². The highest BCUT2D eigenvalue weighted by Gasteiger charge is 2.13. The van der Waals surface area contributed by atoms with Crippen molar-refractivity contribution in [2.75, 3.05) is 18.5 Å². The van der Waals surface area contributed by atoms with Gasteiger partial charge in [-0.3, -0.25) is 5.41 Å². The van der Waals surface area contributed by atoms with Crippen molar-refractivity contribution in [3.8, 4) is 0 Å². The normalized spacial score (nSPS) is 10.6. The third-order valence-corrected chi connectivity index (χ3v) is 2.81. The lowest BCUT2D eigenvalue weighted by molar-refractivity contribution is 0.583. The molecule has 0 unspecified atom stereocenters. The van der Waals surface area contributed by atoms with Crippen LogP contribution in [0.25, 0.3) is 0 Å². The van der Waals surface area contributed by atoms with Crippen LogP contribution in [0.15, 0.2) is 12.3 Å². The molecule has 0 radical (unpaired) electrons. The molecule has 3 N–H and O–H groups in total. The molecule has 0 fully saturated rings. The highest BCUT2D eigenvalue weighted by atomic mass is 15.2. The van der Waals surface area contributed by atoms with E-state index in [1.54, 1.807) is 6.20 Å². The van der Waals surface area contributed by atoms with E-state index in [9.17, 15) is 0 Å². The van der Waals surface area contributed by atoms with Gasteiger partial charge in [-0.1, -0.05) is 13.8 Å². The van der Waals surface area contributed by atoms with Gasteiger partial charge in [-0.15, -0.1) is 0 Å². The fourth-order valence-electron chi connectivity index (χ4n) is 1.72. The Kier molecular flexibility index (Phi) is 4.49. The number of pyridine rings is 1. The zero-order valence-electron chi connectivity index (χ0n) is 11.1. The summed E-state index contributed by atoms with van der Waals surface area (Å²) in [6.07, 6.45) is 2.87. The molecule has 4 heteroatoms. The fraction of sp³-hybridized carbons (Fsp3) is 0.538. The number of aromatic nitrogens is 1. The Balaban J connectivity index is 2.96. The van der Waals surface area contributed by atoms with Gasteiger partial charge >= 0.3 is 0 Å². The number of rotatable bonds is 5. The van der Waals surface area contributed by atoms with Crippen molar-refractivity contribution >= 4 is 11.7 Å². The zero-order chi connectivity index (χ0) is 13.0. The molecule has 0 saturated heterocycles. The van der Waals surface area contributed by atoms with E-state index in [0.717, 1.165) is 29.9 Å². The van der Waals surface area contributed by atoms with E-state index in [1.165, 1.54) is 0 Å². The van der Waals surface area contributed by atoms with Crippen molar-refractivity contribution in [2.24, 2.45) is 11.7 Å². The monoisotopic (exact) mass is 234 g/mol. The molecule has 1 heterocycles. The van der Waals surface area contributed by atoms with Crippen LogP contribution in [0.1, 0.15) is 31.4 Å². The second-order valence-electron chi connectivity index (χ2n) is 4.84.